The Morgan fingerprint density at radius 2 is 1.38 bits per heavy atom. The molecule has 0 atom stereocenters. The molecule has 6 nitrogen and oxygen atoms in total. The summed E-state index contributed by atoms with van der Waals surface area (Å²) < 4.78 is 6.86. The van der Waals surface area contributed by atoms with E-state index in [1.165, 1.54) is 0 Å². The summed E-state index contributed by atoms with van der Waals surface area (Å²) in [5.41, 5.74) is 1.13. The van der Waals surface area contributed by atoms with Crippen LogP contribution in [0.1, 0.15) is 40.7 Å². The zero-order chi connectivity index (χ0) is 27.5. The number of benzene rings is 3. The first kappa shape index (κ1) is 26.2. The number of amides is 1. The summed E-state index contributed by atoms with van der Waals surface area (Å²) in [4.78, 5) is 17.4. The van der Waals surface area contributed by atoms with Gasteiger partial charge in [0.25, 0.3) is 5.91 Å². The van der Waals surface area contributed by atoms with Gasteiger partial charge >= 0.3 is 0 Å². The quantitative estimate of drug-likeness (QED) is 0.277. The Balaban J connectivity index is 1.13. The van der Waals surface area contributed by atoms with Gasteiger partial charge in [-0.15, -0.1) is 0 Å². The lowest BCUT2D eigenvalue weighted by molar-refractivity contribution is -0.945. The third-order valence-electron chi connectivity index (χ3n) is 9.19. The summed E-state index contributed by atoms with van der Waals surface area (Å²) in [6.45, 7) is 4.42. The number of hydrogen-bond acceptors (Lipinski definition) is 4. The highest BCUT2D eigenvalue weighted by Gasteiger charge is 2.60. The van der Waals surface area contributed by atoms with Crippen molar-refractivity contribution in [2.24, 2.45) is 5.41 Å². The largest absolute Gasteiger partial charge is 0.438 e. The molecule has 1 aromatic heterocycles. The molecule has 3 fully saturated rings. The van der Waals surface area contributed by atoms with Gasteiger partial charge in [-0.05, 0) is 35.4 Å². The van der Waals surface area contributed by atoms with Crippen LogP contribution in [0.4, 0.5) is 0 Å². The van der Waals surface area contributed by atoms with Gasteiger partial charge in [0.05, 0.1) is 32.7 Å². The molecule has 0 radical (unpaired) electrons. The Hall–Kier alpha value is -4.00. The zero-order valence-corrected chi connectivity index (χ0v) is 22.7. The van der Waals surface area contributed by atoms with Crippen LogP contribution >= 0.6 is 0 Å². The van der Waals surface area contributed by atoms with Gasteiger partial charge < -0.3 is 19.6 Å². The number of piperidine rings is 3. The summed E-state index contributed by atoms with van der Waals surface area (Å²) in [5, 5.41) is 15.7. The second-order valence-electron chi connectivity index (χ2n) is 11.2. The van der Waals surface area contributed by atoms with Crippen LogP contribution in [0.2, 0.25) is 0 Å². The standard InChI is InChI=1S/C34H35N3O3/c38-31(30-17-10-21-36-32(30)40-29-15-8-3-9-16-29)35-22-26-37-23-18-33(19-24-37,20-25-37)34(39,27-11-4-1-5-12-27)28-13-6-2-7-14-28/h1-17,21,39H,18-20,22-26H2/p+1. The second-order valence-corrected chi connectivity index (χ2v) is 11.2. The average molecular weight is 535 g/mol. The van der Waals surface area contributed by atoms with Crippen molar-refractivity contribution in [1.82, 2.24) is 10.3 Å². The molecule has 0 aliphatic carbocycles. The van der Waals surface area contributed by atoms with Crippen LogP contribution in [0.25, 0.3) is 0 Å². The lowest BCUT2D eigenvalue weighted by atomic mass is 9.56. The number of rotatable bonds is 9. The van der Waals surface area contributed by atoms with Crippen LogP contribution in [-0.2, 0) is 5.60 Å². The van der Waals surface area contributed by atoms with Gasteiger partial charge in [0.2, 0.25) is 5.88 Å². The first-order chi connectivity index (χ1) is 19.5. The van der Waals surface area contributed by atoms with Gasteiger partial charge in [-0.3, -0.25) is 4.79 Å². The van der Waals surface area contributed by atoms with E-state index in [9.17, 15) is 9.90 Å². The van der Waals surface area contributed by atoms with E-state index in [0.29, 0.717) is 23.7 Å². The first-order valence-corrected chi connectivity index (χ1v) is 14.2. The molecular weight excluding hydrogens is 498 g/mol. The van der Waals surface area contributed by atoms with Crippen molar-refractivity contribution in [3.05, 3.63) is 126 Å². The maximum atomic E-state index is 13.1. The van der Waals surface area contributed by atoms with E-state index in [2.05, 4.69) is 34.6 Å². The normalized spacial score (nSPS) is 22.0. The number of ether oxygens (including phenoxy) is 1. The Morgan fingerprint density at radius 3 is 1.95 bits per heavy atom. The predicted octanol–water partition coefficient (Wildman–Crippen LogP) is 5.54. The Morgan fingerprint density at radius 1 is 0.825 bits per heavy atom. The number of nitrogens with one attached hydrogen (secondary N) is 1. The van der Waals surface area contributed by atoms with Crippen molar-refractivity contribution in [3.63, 3.8) is 0 Å². The van der Waals surface area contributed by atoms with E-state index in [0.717, 1.165) is 61.1 Å². The van der Waals surface area contributed by atoms with Gasteiger partial charge in [-0.25, -0.2) is 4.98 Å². The third-order valence-corrected chi connectivity index (χ3v) is 9.19. The fourth-order valence-corrected chi connectivity index (χ4v) is 6.83. The molecule has 204 valence electrons. The van der Waals surface area contributed by atoms with Gasteiger partial charge in [-0.2, -0.15) is 0 Å². The van der Waals surface area contributed by atoms with Crippen LogP contribution in [0, 0.1) is 5.41 Å². The summed E-state index contributed by atoms with van der Waals surface area (Å²) in [7, 11) is 0. The van der Waals surface area contributed by atoms with Crippen LogP contribution < -0.4 is 10.1 Å². The molecule has 3 aliphatic rings. The van der Waals surface area contributed by atoms with E-state index in [4.69, 9.17) is 4.74 Å². The Labute approximate surface area is 235 Å². The van der Waals surface area contributed by atoms with Crippen molar-refractivity contribution in [2.45, 2.75) is 24.9 Å². The first-order valence-electron chi connectivity index (χ1n) is 14.2. The van der Waals surface area contributed by atoms with Gasteiger partial charge in [0, 0.05) is 30.9 Å². The van der Waals surface area contributed by atoms with Crippen LogP contribution in [0.15, 0.2) is 109 Å². The molecule has 0 spiro atoms. The van der Waals surface area contributed by atoms with E-state index in [-0.39, 0.29) is 11.3 Å². The highest BCUT2D eigenvalue weighted by Crippen LogP contribution is 2.57. The number of quaternary nitrogens is 1. The summed E-state index contributed by atoms with van der Waals surface area (Å²) in [6, 6.07) is 33.2. The number of aromatic nitrogens is 1. The van der Waals surface area contributed by atoms with E-state index >= 15 is 0 Å². The number of pyridine rings is 1. The summed E-state index contributed by atoms with van der Waals surface area (Å²) in [5.74, 6) is 0.771. The highest BCUT2D eigenvalue weighted by molar-refractivity contribution is 5.96. The number of fused-ring (bicyclic) bond motifs is 3. The molecule has 6 heteroatoms. The fraction of sp³-hybridized carbons (Fsp3) is 0.294. The summed E-state index contributed by atoms with van der Waals surface area (Å²) >= 11 is 0. The van der Waals surface area contributed by atoms with Crippen molar-refractivity contribution in [2.75, 3.05) is 32.7 Å². The topological polar surface area (TPSA) is 71.5 Å². The number of aliphatic hydroxyl groups is 1. The molecule has 0 unspecified atom stereocenters. The van der Waals surface area contributed by atoms with Crippen molar-refractivity contribution < 1.29 is 19.1 Å². The fourth-order valence-electron chi connectivity index (χ4n) is 6.83. The smallest absolute Gasteiger partial charge is 0.256 e. The molecule has 2 bridgehead atoms. The van der Waals surface area contributed by atoms with E-state index in [1.54, 1.807) is 18.3 Å². The van der Waals surface area contributed by atoms with Crippen molar-refractivity contribution >= 4 is 5.91 Å². The summed E-state index contributed by atoms with van der Waals surface area (Å²) in [6.07, 6.45) is 4.46. The molecule has 1 amide bonds. The van der Waals surface area contributed by atoms with Crippen molar-refractivity contribution in [1.29, 1.82) is 0 Å². The number of carbonyl (C=O) groups excluding carboxylic acids is 1. The van der Waals surface area contributed by atoms with E-state index in [1.807, 2.05) is 66.7 Å². The van der Waals surface area contributed by atoms with E-state index < -0.39 is 5.60 Å². The van der Waals surface area contributed by atoms with Crippen LogP contribution in [0.5, 0.6) is 11.6 Å². The number of hydrogen-bond donors (Lipinski definition) is 2. The van der Waals surface area contributed by atoms with Crippen LogP contribution in [-0.4, -0.2) is 53.2 Å². The number of para-hydroxylation sites is 1. The average Bonchev–Trinajstić information content (AvgIpc) is 3.03. The van der Waals surface area contributed by atoms with Crippen molar-refractivity contribution in [3.8, 4) is 11.6 Å². The van der Waals surface area contributed by atoms with Gasteiger partial charge in [0.15, 0.2) is 0 Å². The molecule has 3 aliphatic heterocycles. The zero-order valence-electron chi connectivity index (χ0n) is 22.7. The minimum Gasteiger partial charge on any atom is -0.438 e. The SMILES string of the molecule is O=C(NCC[N+]12CCC(C(O)(c3ccccc3)c3ccccc3)(CC1)CC2)c1cccnc1Oc1ccccc1. The third kappa shape index (κ3) is 4.78. The second kappa shape index (κ2) is 10.9. The van der Waals surface area contributed by atoms with Crippen LogP contribution in [0.3, 0.4) is 0 Å². The number of nitrogens with zero attached hydrogens (tertiary/aromatic N) is 2. The lowest BCUT2D eigenvalue weighted by Gasteiger charge is -2.60. The molecule has 40 heavy (non-hydrogen) atoms. The Kier molecular flexibility index (Phi) is 7.13. The molecule has 4 heterocycles. The maximum Gasteiger partial charge on any atom is 0.256 e. The van der Waals surface area contributed by atoms with Gasteiger partial charge in [0.1, 0.15) is 16.9 Å². The molecule has 2 N–H and O–H groups in total. The minimum absolute atomic E-state index is 0.178. The highest BCUT2D eigenvalue weighted by atomic mass is 16.5. The molecule has 4 aromatic rings. The molecule has 7 rings (SSSR count). The minimum atomic E-state index is -1.03. The molecule has 3 saturated heterocycles. The maximum absolute atomic E-state index is 13.1. The number of carbonyl (C=O) groups is 1. The lowest BCUT2D eigenvalue weighted by Crippen LogP contribution is -2.67. The predicted molar refractivity (Wildman–Crippen MR) is 155 cm³/mol. The molecule has 0 saturated carbocycles. The monoisotopic (exact) mass is 534 g/mol. The van der Waals surface area contributed by atoms with Gasteiger partial charge in [-0.1, -0.05) is 78.9 Å². The molecule has 3 aromatic carbocycles. The molecular formula is C34H36N3O3+. The Bertz CT molecular complexity index is 1380.